The molecule has 0 saturated heterocycles. The molecule has 0 unspecified atom stereocenters. The van der Waals surface area contributed by atoms with E-state index in [0.717, 1.165) is 49.2 Å². The monoisotopic (exact) mass is 422 g/mol. The van der Waals surface area contributed by atoms with Gasteiger partial charge in [-0.15, -0.1) is 0 Å². The predicted octanol–water partition coefficient (Wildman–Crippen LogP) is -0.0884. The zero-order chi connectivity index (χ0) is 21.1. The van der Waals surface area contributed by atoms with Gasteiger partial charge in [0.2, 0.25) is 10.0 Å². The highest BCUT2D eigenvalue weighted by atomic mass is 32.2. The lowest BCUT2D eigenvalue weighted by Gasteiger charge is -2.17. The van der Waals surface area contributed by atoms with Crippen LogP contribution in [0.2, 0.25) is 0 Å². The first-order valence-corrected chi connectivity index (χ1v) is 11.5. The van der Waals surface area contributed by atoms with Crippen LogP contribution < -0.4 is 31.3 Å². The third-order valence-corrected chi connectivity index (χ3v) is 6.02. The van der Waals surface area contributed by atoms with Crippen molar-refractivity contribution in [1.29, 1.82) is 0 Å². The first kappa shape index (κ1) is 23.5. The highest BCUT2D eigenvalue weighted by Crippen LogP contribution is 2.29. The smallest absolute Gasteiger partial charge is 0.241 e. The summed E-state index contributed by atoms with van der Waals surface area (Å²) in [5.74, 6) is 0. The Bertz CT molecular complexity index is 857. The normalized spacial score (nSPS) is 11.8. The first-order valence-electron chi connectivity index (χ1n) is 9.98. The van der Waals surface area contributed by atoms with Gasteiger partial charge in [0, 0.05) is 82.9 Å². The van der Waals surface area contributed by atoms with Gasteiger partial charge in [0.25, 0.3) is 0 Å². The maximum absolute atomic E-state index is 12.8. The fourth-order valence-electron chi connectivity index (χ4n) is 3.07. The molecule has 162 valence electrons. The molecule has 0 bridgehead atoms. The van der Waals surface area contributed by atoms with Gasteiger partial charge in [0.1, 0.15) is 0 Å². The van der Waals surface area contributed by atoms with Crippen molar-refractivity contribution in [2.75, 3.05) is 71.4 Å². The van der Waals surface area contributed by atoms with Gasteiger partial charge in [-0.3, -0.25) is 0 Å². The minimum absolute atomic E-state index is 0.311. The maximum Gasteiger partial charge on any atom is 0.241 e. The topological polar surface area (TPSA) is 112 Å². The summed E-state index contributed by atoms with van der Waals surface area (Å²) in [4.78, 5) is 2.30. The van der Waals surface area contributed by atoms with Crippen molar-refractivity contribution < 1.29 is 8.42 Å². The molecule has 0 heterocycles. The number of hydrogen-bond donors (Lipinski definition) is 5. The number of rotatable bonds is 14. The van der Waals surface area contributed by atoms with Crippen LogP contribution in [0, 0.1) is 0 Å². The van der Waals surface area contributed by atoms with Crippen molar-refractivity contribution in [2.45, 2.75) is 4.90 Å². The van der Waals surface area contributed by atoms with Gasteiger partial charge in [0.15, 0.2) is 0 Å². The Labute approximate surface area is 174 Å². The molecule has 0 aliphatic carbocycles. The van der Waals surface area contributed by atoms with Gasteiger partial charge >= 0.3 is 0 Å². The summed E-state index contributed by atoms with van der Waals surface area (Å²) < 4.78 is 28.3. The van der Waals surface area contributed by atoms with Crippen molar-refractivity contribution in [2.24, 2.45) is 5.73 Å². The fourth-order valence-corrected chi connectivity index (χ4v) is 4.32. The Morgan fingerprint density at radius 2 is 1.34 bits per heavy atom. The van der Waals surface area contributed by atoms with Crippen LogP contribution in [0.5, 0.6) is 0 Å². The Balaban J connectivity index is 1.81. The predicted molar refractivity (Wildman–Crippen MR) is 121 cm³/mol. The number of benzene rings is 2. The van der Waals surface area contributed by atoms with Crippen LogP contribution in [-0.2, 0) is 10.0 Å². The molecule has 0 radical (unpaired) electrons. The van der Waals surface area contributed by atoms with E-state index in [-0.39, 0.29) is 0 Å². The standard InChI is InChI=1S/C20H34N6O2S/c1-26(2)19-7-3-6-18-17(19)5-4-8-20(18)29(27,28)25-16-15-24-14-13-23-12-11-22-10-9-21/h3-8,22-25H,9-16,21H2,1-2H3. The Hall–Kier alpha value is -1.75. The van der Waals surface area contributed by atoms with Crippen molar-refractivity contribution in [3.63, 3.8) is 0 Å². The van der Waals surface area contributed by atoms with Gasteiger partial charge in [-0.2, -0.15) is 0 Å². The number of nitrogens with one attached hydrogen (secondary N) is 4. The van der Waals surface area contributed by atoms with E-state index < -0.39 is 10.0 Å². The van der Waals surface area contributed by atoms with E-state index >= 15 is 0 Å². The van der Waals surface area contributed by atoms with Gasteiger partial charge in [-0.05, 0) is 12.1 Å². The number of nitrogens with zero attached hydrogens (tertiary/aromatic N) is 1. The summed E-state index contributed by atoms with van der Waals surface area (Å²) in [6.07, 6.45) is 0. The average molecular weight is 423 g/mol. The molecule has 29 heavy (non-hydrogen) atoms. The summed E-state index contributed by atoms with van der Waals surface area (Å²) in [6, 6.07) is 11.1. The Morgan fingerprint density at radius 3 is 1.97 bits per heavy atom. The van der Waals surface area contributed by atoms with Gasteiger partial charge in [0.05, 0.1) is 4.90 Å². The van der Waals surface area contributed by atoms with Crippen LogP contribution in [-0.4, -0.2) is 74.9 Å². The lowest BCUT2D eigenvalue weighted by molar-refractivity contribution is 0.566. The minimum Gasteiger partial charge on any atom is -0.377 e. The van der Waals surface area contributed by atoms with Crippen molar-refractivity contribution in [1.82, 2.24) is 20.7 Å². The minimum atomic E-state index is -3.58. The molecular weight excluding hydrogens is 388 g/mol. The molecule has 0 atom stereocenters. The lowest BCUT2D eigenvalue weighted by atomic mass is 10.1. The third kappa shape index (κ3) is 7.22. The van der Waals surface area contributed by atoms with Crippen LogP contribution >= 0.6 is 0 Å². The molecule has 9 heteroatoms. The molecule has 0 amide bonds. The van der Waals surface area contributed by atoms with Crippen LogP contribution in [0.1, 0.15) is 0 Å². The zero-order valence-corrected chi connectivity index (χ0v) is 18.2. The Morgan fingerprint density at radius 1 is 0.793 bits per heavy atom. The molecule has 0 fully saturated rings. The number of sulfonamides is 1. The SMILES string of the molecule is CN(C)c1cccc2c(S(=O)(=O)NCCNCCNCCNCCN)cccc12. The molecule has 0 aliphatic heterocycles. The van der Waals surface area contributed by atoms with Crippen LogP contribution in [0.3, 0.4) is 0 Å². The summed E-state index contributed by atoms with van der Waals surface area (Å²) in [7, 11) is 0.317. The van der Waals surface area contributed by atoms with Crippen LogP contribution in [0.25, 0.3) is 10.8 Å². The summed E-state index contributed by atoms with van der Waals surface area (Å²) >= 11 is 0. The van der Waals surface area contributed by atoms with Crippen molar-refractivity contribution >= 4 is 26.5 Å². The molecule has 0 aliphatic rings. The Kier molecular flexibility index (Phi) is 9.79. The van der Waals surface area contributed by atoms with Gasteiger partial charge in [-0.25, -0.2) is 13.1 Å². The third-order valence-electron chi connectivity index (χ3n) is 4.50. The average Bonchev–Trinajstić information content (AvgIpc) is 2.71. The number of nitrogens with two attached hydrogens (primary N) is 1. The molecule has 0 aromatic heterocycles. The largest absolute Gasteiger partial charge is 0.377 e. The molecule has 0 saturated carbocycles. The fraction of sp³-hybridized carbons (Fsp3) is 0.500. The molecule has 2 rings (SSSR count). The molecule has 2 aromatic carbocycles. The highest BCUT2D eigenvalue weighted by molar-refractivity contribution is 7.89. The van der Waals surface area contributed by atoms with Crippen LogP contribution in [0.4, 0.5) is 5.69 Å². The number of hydrogen-bond acceptors (Lipinski definition) is 7. The summed E-state index contributed by atoms with van der Waals surface area (Å²) in [5, 5.41) is 11.4. The molecular formula is C20H34N6O2S. The van der Waals surface area contributed by atoms with Gasteiger partial charge < -0.3 is 26.6 Å². The van der Waals surface area contributed by atoms with E-state index in [2.05, 4.69) is 20.7 Å². The molecule has 6 N–H and O–H groups in total. The molecule has 8 nitrogen and oxygen atoms in total. The lowest BCUT2D eigenvalue weighted by Crippen LogP contribution is -2.37. The van der Waals surface area contributed by atoms with Crippen molar-refractivity contribution in [3.05, 3.63) is 36.4 Å². The number of anilines is 1. The van der Waals surface area contributed by atoms with Crippen molar-refractivity contribution in [3.8, 4) is 0 Å². The summed E-state index contributed by atoms with van der Waals surface area (Å²) in [6.45, 7) is 5.75. The van der Waals surface area contributed by atoms with E-state index in [1.165, 1.54) is 0 Å². The van der Waals surface area contributed by atoms with E-state index in [1.54, 1.807) is 12.1 Å². The zero-order valence-electron chi connectivity index (χ0n) is 17.4. The second-order valence-electron chi connectivity index (χ2n) is 6.96. The second-order valence-corrected chi connectivity index (χ2v) is 8.69. The van der Waals surface area contributed by atoms with E-state index in [4.69, 9.17) is 5.73 Å². The van der Waals surface area contributed by atoms with E-state index in [1.807, 2.05) is 43.3 Å². The summed E-state index contributed by atoms with van der Waals surface area (Å²) in [5.41, 5.74) is 6.40. The molecule has 0 spiro atoms. The second kappa shape index (κ2) is 12.1. The van der Waals surface area contributed by atoms with Crippen LogP contribution in [0.15, 0.2) is 41.3 Å². The van der Waals surface area contributed by atoms with Gasteiger partial charge in [-0.1, -0.05) is 24.3 Å². The highest BCUT2D eigenvalue weighted by Gasteiger charge is 2.17. The first-order chi connectivity index (χ1) is 14.0. The molecule has 2 aromatic rings. The quantitative estimate of drug-likeness (QED) is 0.271. The number of fused-ring (bicyclic) bond motifs is 1. The van der Waals surface area contributed by atoms with E-state index in [9.17, 15) is 8.42 Å². The van der Waals surface area contributed by atoms with E-state index in [0.29, 0.717) is 24.5 Å². The maximum atomic E-state index is 12.8.